The van der Waals surface area contributed by atoms with Gasteiger partial charge in [-0.15, -0.1) is 0 Å². The zero-order chi connectivity index (χ0) is 6.69. The molecule has 0 aliphatic heterocycles. The van der Waals surface area contributed by atoms with E-state index >= 15 is 0 Å². The van der Waals surface area contributed by atoms with Crippen molar-refractivity contribution >= 4 is 0 Å². The largest absolute Gasteiger partial charge is 0.392 e. The molecule has 9 heavy (non-hydrogen) atoms. The number of aliphatic hydroxyl groups is 1. The molecule has 0 aromatic heterocycles. The zero-order valence-corrected chi connectivity index (χ0v) is 5.46. The normalized spacial score (nSPS) is 22.9. The van der Waals surface area contributed by atoms with Gasteiger partial charge in [0.1, 0.15) is 0 Å². The van der Waals surface area contributed by atoms with Crippen LogP contribution in [0.15, 0.2) is 12.2 Å². The van der Waals surface area contributed by atoms with Crippen LogP contribution in [0.2, 0.25) is 0 Å². The predicted octanol–water partition coefficient (Wildman–Crippen LogP) is 0.272. The molecule has 2 heteroatoms. The summed E-state index contributed by atoms with van der Waals surface area (Å²) in [5.41, 5.74) is 5.27. The van der Waals surface area contributed by atoms with Gasteiger partial charge in [0, 0.05) is 6.54 Å². The van der Waals surface area contributed by atoms with Gasteiger partial charge in [-0.1, -0.05) is 12.2 Å². The first kappa shape index (κ1) is 6.78. The van der Waals surface area contributed by atoms with Gasteiger partial charge in [-0.25, -0.2) is 0 Å². The molecule has 1 aliphatic rings. The first-order chi connectivity index (χ1) is 4.34. The maximum atomic E-state index is 9.19. The van der Waals surface area contributed by atoms with E-state index in [9.17, 15) is 5.11 Å². The van der Waals surface area contributed by atoms with Crippen molar-refractivity contribution in [2.75, 3.05) is 6.54 Å². The third-order valence-electron chi connectivity index (χ3n) is 1.83. The first-order valence-corrected chi connectivity index (χ1v) is 3.37. The molecule has 0 aromatic carbocycles. The number of allylic oxidation sites excluding steroid dienone is 2. The lowest BCUT2D eigenvalue weighted by Gasteiger charge is -2.14. The molecule has 0 bridgehead atoms. The lowest BCUT2D eigenvalue weighted by Crippen LogP contribution is -2.27. The van der Waals surface area contributed by atoms with Gasteiger partial charge in [-0.3, -0.25) is 0 Å². The van der Waals surface area contributed by atoms with Crippen LogP contribution in [-0.2, 0) is 0 Å². The molecule has 1 atom stereocenters. The Kier molecular flexibility index (Phi) is 2.25. The Labute approximate surface area is 55.4 Å². The van der Waals surface area contributed by atoms with Crippen molar-refractivity contribution in [3.05, 3.63) is 12.2 Å². The maximum absolute atomic E-state index is 9.19. The molecule has 1 rings (SSSR count). The molecule has 0 saturated carbocycles. The van der Waals surface area contributed by atoms with Crippen molar-refractivity contribution in [2.45, 2.75) is 18.9 Å². The zero-order valence-electron chi connectivity index (χ0n) is 5.46. The average molecular weight is 127 g/mol. The molecule has 0 spiro atoms. The number of hydrogen-bond donors (Lipinski definition) is 2. The van der Waals surface area contributed by atoms with E-state index in [4.69, 9.17) is 5.73 Å². The molecule has 0 fully saturated rings. The third kappa shape index (κ3) is 1.53. The predicted molar refractivity (Wildman–Crippen MR) is 36.9 cm³/mol. The van der Waals surface area contributed by atoms with E-state index in [0.29, 0.717) is 12.5 Å². The van der Waals surface area contributed by atoms with Gasteiger partial charge in [0.25, 0.3) is 0 Å². The van der Waals surface area contributed by atoms with Crippen LogP contribution in [0.3, 0.4) is 0 Å². The molecule has 1 aliphatic carbocycles. The molecule has 52 valence electrons. The Morgan fingerprint density at radius 2 is 2.11 bits per heavy atom. The van der Waals surface area contributed by atoms with E-state index in [1.54, 1.807) is 0 Å². The minimum atomic E-state index is -0.292. The van der Waals surface area contributed by atoms with Crippen LogP contribution in [0, 0.1) is 5.92 Å². The summed E-state index contributed by atoms with van der Waals surface area (Å²) in [6.45, 7) is 0.395. The van der Waals surface area contributed by atoms with Crippen molar-refractivity contribution in [3.63, 3.8) is 0 Å². The SMILES string of the molecule is NCC(O)C1CC=CC1. The van der Waals surface area contributed by atoms with Crippen molar-refractivity contribution in [3.8, 4) is 0 Å². The molecule has 0 heterocycles. The lowest BCUT2D eigenvalue weighted by atomic mass is 10.0. The molecular weight excluding hydrogens is 114 g/mol. The number of hydrogen-bond acceptors (Lipinski definition) is 2. The number of rotatable bonds is 2. The summed E-state index contributed by atoms with van der Waals surface area (Å²) >= 11 is 0. The molecule has 0 amide bonds. The Morgan fingerprint density at radius 3 is 2.56 bits per heavy atom. The van der Waals surface area contributed by atoms with Crippen LogP contribution in [0.5, 0.6) is 0 Å². The Bertz CT molecular complexity index is 103. The number of nitrogens with two attached hydrogens (primary N) is 1. The molecule has 0 radical (unpaired) electrons. The third-order valence-corrected chi connectivity index (χ3v) is 1.83. The highest BCUT2D eigenvalue weighted by molar-refractivity contribution is 4.96. The summed E-state index contributed by atoms with van der Waals surface area (Å²) in [5, 5.41) is 9.19. The monoisotopic (exact) mass is 127 g/mol. The second-order valence-electron chi connectivity index (χ2n) is 2.51. The van der Waals surface area contributed by atoms with Gasteiger partial charge in [-0.2, -0.15) is 0 Å². The fourth-order valence-corrected chi connectivity index (χ4v) is 1.14. The second kappa shape index (κ2) is 2.99. The van der Waals surface area contributed by atoms with Gasteiger partial charge in [0.2, 0.25) is 0 Å². The molecule has 1 unspecified atom stereocenters. The summed E-state index contributed by atoms with van der Waals surface area (Å²) in [6.07, 6.45) is 5.91. The number of aliphatic hydroxyl groups excluding tert-OH is 1. The Balaban J connectivity index is 2.27. The van der Waals surface area contributed by atoms with E-state index in [1.165, 1.54) is 0 Å². The highest BCUT2D eigenvalue weighted by Crippen LogP contribution is 2.20. The van der Waals surface area contributed by atoms with Crippen LogP contribution in [0.25, 0.3) is 0 Å². The minimum absolute atomic E-state index is 0.292. The van der Waals surface area contributed by atoms with Crippen LogP contribution in [-0.4, -0.2) is 17.8 Å². The fourth-order valence-electron chi connectivity index (χ4n) is 1.14. The highest BCUT2D eigenvalue weighted by Gasteiger charge is 2.17. The highest BCUT2D eigenvalue weighted by atomic mass is 16.3. The van der Waals surface area contributed by atoms with Gasteiger partial charge in [0.05, 0.1) is 6.10 Å². The van der Waals surface area contributed by atoms with Gasteiger partial charge in [0.15, 0.2) is 0 Å². The van der Waals surface area contributed by atoms with Crippen molar-refractivity contribution in [1.82, 2.24) is 0 Å². The minimum Gasteiger partial charge on any atom is -0.392 e. The smallest absolute Gasteiger partial charge is 0.0696 e. The fraction of sp³-hybridized carbons (Fsp3) is 0.714. The van der Waals surface area contributed by atoms with E-state index in [1.807, 2.05) is 0 Å². The van der Waals surface area contributed by atoms with Crippen molar-refractivity contribution in [2.24, 2.45) is 11.7 Å². The summed E-state index contributed by atoms with van der Waals surface area (Å²) in [7, 11) is 0. The second-order valence-corrected chi connectivity index (χ2v) is 2.51. The van der Waals surface area contributed by atoms with E-state index in [-0.39, 0.29) is 6.10 Å². The molecule has 3 N–H and O–H groups in total. The Hall–Kier alpha value is -0.340. The van der Waals surface area contributed by atoms with Crippen LogP contribution in [0.1, 0.15) is 12.8 Å². The first-order valence-electron chi connectivity index (χ1n) is 3.37. The standard InChI is InChI=1S/C7H13NO/c8-5-7(9)6-3-1-2-4-6/h1-2,6-7,9H,3-5,8H2. The van der Waals surface area contributed by atoms with Crippen LogP contribution >= 0.6 is 0 Å². The average Bonchev–Trinajstić information content (AvgIpc) is 2.37. The molecule has 0 saturated heterocycles. The van der Waals surface area contributed by atoms with Crippen LogP contribution < -0.4 is 5.73 Å². The summed E-state index contributed by atoms with van der Waals surface area (Å²) in [4.78, 5) is 0. The van der Waals surface area contributed by atoms with Gasteiger partial charge >= 0.3 is 0 Å². The van der Waals surface area contributed by atoms with Gasteiger partial charge in [-0.05, 0) is 18.8 Å². The van der Waals surface area contributed by atoms with Crippen molar-refractivity contribution < 1.29 is 5.11 Å². The Morgan fingerprint density at radius 1 is 1.56 bits per heavy atom. The molecule has 0 aromatic rings. The van der Waals surface area contributed by atoms with E-state index in [0.717, 1.165) is 12.8 Å². The topological polar surface area (TPSA) is 46.2 Å². The summed E-state index contributed by atoms with van der Waals surface area (Å²) < 4.78 is 0. The summed E-state index contributed by atoms with van der Waals surface area (Å²) in [6, 6.07) is 0. The maximum Gasteiger partial charge on any atom is 0.0696 e. The lowest BCUT2D eigenvalue weighted by molar-refractivity contribution is 0.121. The van der Waals surface area contributed by atoms with E-state index in [2.05, 4.69) is 12.2 Å². The summed E-state index contributed by atoms with van der Waals surface area (Å²) in [5.74, 6) is 0.398. The van der Waals surface area contributed by atoms with Gasteiger partial charge < -0.3 is 10.8 Å². The molecular formula is C7H13NO. The van der Waals surface area contributed by atoms with E-state index < -0.39 is 0 Å². The van der Waals surface area contributed by atoms with Crippen molar-refractivity contribution in [1.29, 1.82) is 0 Å². The van der Waals surface area contributed by atoms with Crippen LogP contribution in [0.4, 0.5) is 0 Å². The molecule has 2 nitrogen and oxygen atoms in total. The quantitative estimate of drug-likeness (QED) is 0.523.